The van der Waals surface area contributed by atoms with Gasteiger partial charge >= 0.3 is 0 Å². The van der Waals surface area contributed by atoms with Crippen LogP contribution in [0.15, 0.2) is 75.4 Å². The number of para-hydroxylation sites is 1. The smallest absolute Gasteiger partial charge is 0.264 e. The molecule has 5 rings (SSSR count). The summed E-state index contributed by atoms with van der Waals surface area (Å²) in [7, 11) is -3.72. The van der Waals surface area contributed by atoms with Crippen LogP contribution in [0.5, 0.6) is 0 Å². The number of rotatable bonds is 5. The van der Waals surface area contributed by atoms with E-state index in [-0.39, 0.29) is 10.8 Å². The summed E-state index contributed by atoms with van der Waals surface area (Å²) in [5.74, 6) is 1.06. The first-order valence-corrected chi connectivity index (χ1v) is 12.8. The molecule has 0 bridgehead atoms. The molecule has 1 aliphatic heterocycles. The van der Waals surface area contributed by atoms with Gasteiger partial charge in [-0.05, 0) is 67.8 Å². The molecule has 0 fully saturated rings. The molecular formula is C24H21N3O4S2. The molecule has 2 aromatic heterocycles. The number of nitrogens with one attached hydrogen (secondary N) is 1. The largest absolute Gasteiger partial charge is 0.460 e. The van der Waals surface area contributed by atoms with Gasteiger partial charge in [0.2, 0.25) is 0 Å². The second kappa shape index (κ2) is 8.49. The summed E-state index contributed by atoms with van der Waals surface area (Å²) >= 11 is 1.29. The molecular weight excluding hydrogens is 458 g/mol. The summed E-state index contributed by atoms with van der Waals surface area (Å²) in [6, 6.07) is 17.2. The van der Waals surface area contributed by atoms with Crippen molar-refractivity contribution in [2.75, 3.05) is 16.2 Å². The van der Waals surface area contributed by atoms with Crippen molar-refractivity contribution in [2.45, 2.75) is 24.7 Å². The Hall–Kier alpha value is -3.43. The number of amides is 1. The zero-order valence-electron chi connectivity index (χ0n) is 17.8. The fraction of sp³-hybridized carbons (Fsp3) is 0.167. The van der Waals surface area contributed by atoms with E-state index < -0.39 is 10.0 Å². The molecule has 1 N–H and O–H groups in total. The number of carbonyl (C=O) groups is 1. The van der Waals surface area contributed by atoms with Crippen LogP contribution in [0.4, 0.5) is 10.8 Å². The van der Waals surface area contributed by atoms with Gasteiger partial charge in [-0.3, -0.25) is 14.4 Å². The molecule has 0 saturated heterocycles. The molecule has 9 heteroatoms. The number of fused-ring (bicyclic) bond motifs is 1. The first-order chi connectivity index (χ1) is 15.9. The Morgan fingerprint density at radius 2 is 1.88 bits per heavy atom. The molecule has 168 valence electrons. The average molecular weight is 480 g/mol. The molecule has 0 unspecified atom stereocenters. The number of hydrogen-bond acceptors (Lipinski definition) is 6. The van der Waals surface area contributed by atoms with Crippen LogP contribution in [0, 0.1) is 6.92 Å². The highest BCUT2D eigenvalue weighted by Crippen LogP contribution is 2.32. The van der Waals surface area contributed by atoms with Gasteiger partial charge in [-0.15, -0.1) is 11.3 Å². The highest BCUT2D eigenvalue weighted by atomic mass is 32.2. The Labute approximate surface area is 195 Å². The number of benzene rings is 2. The second-order valence-corrected chi connectivity index (χ2v) is 10.5. The Bertz CT molecular complexity index is 1420. The number of sulfonamides is 1. The van der Waals surface area contributed by atoms with E-state index in [1.807, 2.05) is 43.3 Å². The third kappa shape index (κ3) is 4.17. The van der Waals surface area contributed by atoms with Crippen LogP contribution < -0.4 is 9.62 Å². The van der Waals surface area contributed by atoms with Gasteiger partial charge in [-0.2, -0.15) is 0 Å². The van der Waals surface area contributed by atoms with Crippen LogP contribution in [0.2, 0.25) is 0 Å². The van der Waals surface area contributed by atoms with E-state index in [0.717, 1.165) is 29.9 Å². The number of carbonyl (C=O) groups excluding carboxylic acids is 1. The number of aromatic nitrogens is 1. The average Bonchev–Trinajstić information content (AvgIpc) is 3.47. The van der Waals surface area contributed by atoms with Crippen LogP contribution >= 0.6 is 11.3 Å². The van der Waals surface area contributed by atoms with Crippen LogP contribution in [0.25, 0.3) is 11.5 Å². The number of nitrogens with zero attached hydrogens (tertiary/aromatic N) is 2. The predicted molar refractivity (Wildman–Crippen MR) is 128 cm³/mol. The third-order valence-corrected chi connectivity index (χ3v) is 8.07. The monoisotopic (exact) mass is 479 g/mol. The van der Waals surface area contributed by atoms with Crippen molar-refractivity contribution in [3.05, 3.63) is 82.9 Å². The van der Waals surface area contributed by atoms with Crippen molar-refractivity contribution < 1.29 is 17.6 Å². The van der Waals surface area contributed by atoms with Crippen molar-refractivity contribution in [2.24, 2.45) is 0 Å². The SMILES string of the molecule is Cc1ccc(-c2csc(NC(=O)c3ccc(S(=O)(=O)N4CCCc5ccccc54)cc3)n2)o1. The molecule has 3 heterocycles. The van der Waals surface area contributed by atoms with Gasteiger partial charge in [0.05, 0.1) is 10.6 Å². The summed E-state index contributed by atoms with van der Waals surface area (Å²) in [5, 5.41) is 5.00. The van der Waals surface area contributed by atoms with Crippen molar-refractivity contribution in [3.63, 3.8) is 0 Å². The summed E-state index contributed by atoms with van der Waals surface area (Å²) in [6.45, 7) is 2.29. The maximum absolute atomic E-state index is 13.3. The zero-order valence-corrected chi connectivity index (χ0v) is 19.4. The van der Waals surface area contributed by atoms with Gasteiger partial charge < -0.3 is 4.42 Å². The minimum Gasteiger partial charge on any atom is -0.460 e. The van der Waals surface area contributed by atoms with E-state index in [9.17, 15) is 13.2 Å². The van der Waals surface area contributed by atoms with E-state index in [1.165, 1.54) is 39.9 Å². The summed E-state index contributed by atoms with van der Waals surface area (Å²) in [5.41, 5.74) is 2.73. The Morgan fingerprint density at radius 1 is 1.09 bits per heavy atom. The fourth-order valence-corrected chi connectivity index (χ4v) is 6.08. The summed E-state index contributed by atoms with van der Waals surface area (Å²) < 4.78 is 33.6. The van der Waals surface area contributed by atoms with Gasteiger partial charge in [0.15, 0.2) is 10.9 Å². The van der Waals surface area contributed by atoms with Gasteiger partial charge in [-0.1, -0.05) is 18.2 Å². The van der Waals surface area contributed by atoms with Crippen molar-refractivity contribution in [1.82, 2.24) is 4.98 Å². The number of aryl methyl sites for hydroxylation is 2. The molecule has 1 amide bonds. The molecule has 33 heavy (non-hydrogen) atoms. The van der Waals surface area contributed by atoms with Crippen LogP contribution in [0.1, 0.15) is 28.1 Å². The Kier molecular flexibility index (Phi) is 5.51. The van der Waals surface area contributed by atoms with Crippen LogP contribution in [-0.4, -0.2) is 25.9 Å². The minimum absolute atomic E-state index is 0.153. The molecule has 2 aromatic carbocycles. The molecule has 0 atom stereocenters. The quantitative estimate of drug-likeness (QED) is 0.430. The van der Waals surface area contributed by atoms with Crippen LogP contribution in [-0.2, 0) is 16.4 Å². The minimum atomic E-state index is -3.72. The Balaban J connectivity index is 1.32. The molecule has 0 saturated carbocycles. The van der Waals surface area contributed by atoms with E-state index in [4.69, 9.17) is 4.42 Å². The van der Waals surface area contributed by atoms with Gasteiger partial charge in [0.25, 0.3) is 15.9 Å². The van der Waals surface area contributed by atoms with Crippen molar-refractivity contribution >= 4 is 38.1 Å². The molecule has 4 aromatic rings. The zero-order chi connectivity index (χ0) is 23.0. The number of anilines is 2. The lowest BCUT2D eigenvalue weighted by Gasteiger charge is -2.30. The normalized spacial score (nSPS) is 13.5. The van der Waals surface area contributed by atoms with Gasteiger partial charge in [0, 0.05) is 17.5 Å². The van der Waals surface area contributed by atoms with E-state index in [0.29, 0.717) is 28.7 Å². The van der Waals surface area contributed by atoms with Crippen molar-refractivity contribution in [3.8, 4) is 11.5 Å². The first kappa shape index (κ1) is 21.4. The van der Waals surface area contributed by atoms with E-state index in [2.05, 4.69) is 10.3 Å². The highest BCUT2D eigenvalue weighted by Gasteiger charge is 2.29. The number of hydrogen-bond donors (Lipinski definition) is 1. The topological polar surface area (TPSA) is 92.5 Å². The molecule has 7 nitrogen and oxygen atoms in total. The lowest BCUT2D eigenvalue weighted by molar-refractivity contribution is 0.102. The molecule has 0 aliphatic carbocycles. The van der Waals surface area contributed by atoms with Gasteiger partial charge in [0.1, 0.15) is 11.5 Å². The molecule has 1 aliphatic rings. The van der Waals surface area contributed by atoms with Crippen molar-refractivity contribution in [1.29, 1.82) is 0 Å². The van der Waals surface area contributed by atoms with Crippen LogP contribution in [0.3, 0.4) is 0 Å². The predicted octanol–water partition coefficient (Wildman–Crippen LogP) is 5.11. The maximum atomic E-state index is 13.3. The van der Waals surface area contributed by atoms with E-state index >= 15 is 0 Å². The molecule has 0 spiro atoms. The standard InChI is InChI=1S/C24H21N3O4S2/c1-16-8-13-22(31-16)20-15-32-24(25-20)26-23(28)18-9-11-19(12-10-18)33(29,30)27-14-4-6-17-5-2-3-7-21(17)27/h2-3,5,7-13,15H,4,6,14H2,1H3,(H,25,26,28). The first-order valence-electron chi connectivity index (χ1n) is 10.5. The number of thiazole rings is 1. The summed E-state index contributed by atoms with van der Waals surface area (Å²) in [4.78, 5) is 17.2. The third-order valence-electron chi connectivity index (χ3n) is 5.49. The van der Waals surface area contributed by atoms with E-state index in [1.54, 1.807) is 5.38 Å². The maximum Gasteiger partial charge on any atom is 0.264 e. The molecule has 0 radical (unpaired) electrons. The van der Waals surface area contributed by atoms with Gasteiger partial charge in [-0.25, -0.2) is 13.4 Å². The summed E-state index contributed by atoms with van der Waals surface area (Å²) in [6.07, 6.45) is 1.63. The fourth-order valence-electron chi connectivity index (χ4n) is 3.84. The lowest BCUT2D eigenvalue weighted by Crippen LogP contribution is -2.35. The Morgan fingerprint density at radius 3 is 2.64 bits per heavy atom. The highest BCUT2D eigenvalue weighted by molar-refractivity contribution is 7.92. The second-order valence-electron chi connectivity index (χ2n) is 7.74. The number of furan rings is 1. The lowest BCUT2D eigenvalue weighted by atomic mass is 10.0.